The maximum Gasteiger partial charge on any atom is 0.149 e. The molecule has 0 aromatic heterocycles. The van der Waals surface area contributed by atoms with Crippen molar-refractivity contribution in [2.24, 2.45) is 11.7 Å². The van der Waals surface area contributed by atoms with Crippen molar-refractivity contribution in [3.05, 3.63) is 0 Å². The van der Waals surface area contributed by atoms with E-state index >= 15 is 0 Å². The summed E-state index contributed by atoms with van der Waals surface area (Å²) in [6.07, 6.45) is 0.652. The van der Waals surface area contributed by atoms with Crippen molar-refractivity contribution in [2.75, 3.05) is 6.61 Å². The average molecular weight is 356 g/mol. The van der Waals surface area contributed by atoms with Gasteiger partial charge in [0.05, 0.1) is 5.54 Å². The van der Waals surface area contributed by atoms with Gasteiger partial charge in [0.1, 0.15) is 5.78 Å². The van der Waals surface area contributed by atoms with E-state index in [4.69, 9.17) is 10.8 Å². The zero-order valence-electron chi connectivity index (χ0n) is 6.00. The van der Waals surface area contributed by atoms with Crippen molar-refractivity contribution in [2.45, 2.75) is 18.9 Å². The number of hydrogen-bond acceptors (Lipinski definition) is 3. The topological polar surface area (TPSA) is 63.3 Å². The molecule has 0 heterocycles. The summed E-state index contributed by atoms with van der Waals surface area (Å²) in [7, 11) is 0. The molecular weight excluding hydrogens is 345 g/mol. The van der Waals surface area contributed by atoms with E-state index < -0.39 is 5.54 Å². The maximum absolute atomic E-state index is 10.7. The van der Waals surface area contributed by atoms with Gasteiger partial charge in [-0.15, -0.1) is 0 Å². The summed E-state index contributed by atoms with van der Waals surface area (Å²) in [5.41, 5.74) is 4.86. The average Bonchev–Trinajstić information content (AvgIpc) is 2.44. The van der Waals surface area contributed by atoms with Crippen LogP contribution in [0.5, 0.6) is 0 Å². The fourth-order valence-corrected chi connectivity index (χ4v) is 1.01. The molecule has 3 nitrogen and oxygen atoms in total. The second-order valence-corrected chi connectivity index (χ2v) is 2.68. The van der Waals surface area contributed by atoms with Gasteiger partial charge in [0.2, 0.25) is 0 Å². The van der Waals surface area contributed by atoms with Gasteiger partial charge in [0.25, 0.3) is 0 Å². The van der Waals surface area contributed by atoms with Gasteiger partial charge in [-0.05, 0) is 13.3 Å². The van der Waals surface area contributed by atoms with Gasteiger partial charge < -0.3 is 10.8 Å². The van der Waals surface area contributed by atoms with Crippen LogP contribution >= 0.6 is 0 Å². The number of carbonyl (C=O) groups is 1. The Hall–Kier alpha value is 1.03. The molecule has 2 atom stereocenters. The van der Waals surface area contributed by atoms with Gasteiger partial charge in [0, 0.05) is 56.6 Å². The summed E-state index contributed by atoms with van der Waals surface area (Å²) >= 11 is 0. The van der Waals surface area contributed by atoms with Crippen LogP contribution in [0.1, 0.15) is 13.3 Å². The quantitative estimate of drug-likeness (QED) is 0.687. The third-order valence-electron chi connectivity index (χ3n) is 2.03. The van der Waals surface area contributed by atoms with E-state index in [-0.39, 0.29) is 62.4 Å². The minimum Gasteiger partial charge on any atom is -0.396 e. The predicted octanol–water partition coefficient (Wildman–Crippen LogP) is -0.715. The van der Waals surface area contributed by atoms with Crippen LogP contribution < -0.4 is 5.73 Å². The first-order valence-corrected chi connectivity index (χ1v) is 3.02. The second kappa shape index (κ2) is 3.62. The van der Waals surface area contributed by atoms with E-state index in [0.717, 1.165) is 0 Å². The zero-order chi connectivity index (χ0) is 7.07. The Balaban J connectivity index is 0.000000810. The molecule has 0 aromatic carbocycles. The number of aliphatic hydroxyl groups excluding tert-OH is 1. The van der Waals surface area contributed by atoms with Crippen LogP contribution in [0.25, 0.3) is 0 Å². The smallest absolute Gasteiger partial charge is 0.149 e. The molecule has 1 radical (unpaired) electrons. The third kappa shape index (κ3) is 1.79. The van der Waals surface area contributed by atoms with Crippen LogP contribution in [0.15, 0.2) is 0 Å². The molecule has 0 aliphatic heterocycles. The fourth-order valence-electron chi connectivity index (χ4n) is 1.01. The Labute approximate surface area is 95.9 Å². The van der Waals surface area contributed by atoms with Crippen LogP contribution in [0, 0.1) is 50.0 Å². The van der Waals surface area contributed by atoms with E-state index in [1.54, 1.807) is 0 Å². The first kappa shape index (κ1) is 11.0. The molecule has 3 N–H and O–H groups in total. The summed E-state index contributed by atoms with van der Waals surface area (Å²) in [5, 5.41) is 8.56. The molecule has 1 saturated carbocycles. The van der Waals surface area contributed by atoms with Crippen molar-refractivity contribution in [3.63, 3.8) is 0 Å². The molecule has 0 amide bonds. The van der Waals surface area contributed by atoms with Crippen molar-refractivity contribution in [3.8, 4) is 0 Å². The zero-order valence-corrected chi connectivity index (χ0v) is 10.7. The minimum absolute atomic E-state index is 0. The van der Waals surface area contributed by atoms with Crippen LogP contribution in [0.3, 0.4) is 0 Å². The summed E-state index contributed by atoms with van der Waals surface area (Å²) in [4.78, 5) is 10.7. The van der Waals surface area contributed by atoms with Crippen LogP contribution in [-0.4, -0.2) is 23.0 Å². The number of aliphatic hydroxyl groups is 1. The third-order valence-corrected chi connectivity index (χ3v) is 2.03. The molecule has 4 heteroatoms. The summed E-state index contributed by atoms with van der Waals surface area (Å²) in [6.45, 7) is 1.51. The molecular formula is C6H11AcNO2. The Bertz CT molecular complexity index is 151. The molecule has 0 aromatic rings. The molecule has 1 rings (SSSR count). The molecule has 55 valence electrons. The number of Topliss-reactive ketones (excluding diaryl/α,β-unsaturated/α-hetero) is 1. The SMILES string of the molecule is CC(=O)[C@@]1(N)C[C@@H]1CO.[Ac]. The van der Waals surface area contributed by atoms with E-state index in [0.29, 0.717) is 6.42 Å². The van der Waals surface area contributed by atoms with Gasteiger partial charge in [-0.3, -0.25) is 4.79 Å². The molecule has 1 aliphatic carbocycles. The molecule has 0 spiro atoms. The van der Waals surface area contributed by atoms with E-state index in [9.17, 15) is 4.79 Å². The van der Waals surface area contributed by atoms with E-state index in [1.165, 1.54) is 6.92 Å². The Morgan fingerprint density at radius 2 is 2.40 bits per heavy atom. The van der Waals surface area contributed by atoms with Crippen LogP contribution in [-0.2, 0) is 4.79 Å². The summed E-state index contributed by atoms with van der Waals surface area (Å²) in [5.74, 6) is 0.0107. The Morgan fingerprint density at radius 3 is 2.50 bits per heavy atom. The monoisotopic (exact) mass is 356 g/mol. The fraction of sp³-hybridized carbons (Fsp3) is 0.833. The molecule has 1 fully saturated rings. The first-order chi connectivity index (χ1) is 4.11. The molecule has 1 aliphatic rings. The minimum atomic E-state index is -0.672. The summed E-state index contributed by atoms with van der Waals surface area (Å²) in [6, 6.07) is 0. The van der Waals surface area contributed by atoms with Crippen molar-refractivity contribution < 1.29 is 54.0 Å². The maximum atomic E-state index is 10.7. The Morgan fingerprint density at radius 1 is 1.90 bits per heavy atom. The van der Waals surface area contributed by atoms with Gasteiger partial charge in [-0.25, -0.2) is 0 Å². The van der Waals surface area contributed by atoms with Crippen molar-refractivity contribution in [1.82, 2.24) is 0 Å². The van der Waals surface area contributed by atoms with Crippen LogP contribution in [0.4, 0.5) is 0 Å². The molecule has 0 saturated heterocycles. The second-order valence-electron chi connectivity index (χ2n) is 2.68. The van der Waals surface area contributed by atoms with E-state index in [1.807, 2.05) is 0 Å². The van der Waals surface area contributed by atoms with Gasteiger partial charge in [-0.2, -0.15) is 0 Å². The van der Waals surface area contributed by atoms with E-state index in [2.05, 4.69) is 0 Å². The van der Waals surface area contributed by atoms with Crippen molar-refractivity contribution in [1.29, 1.82) is 0 Å². The molecule has 10 heavy (non-hydrogen) atoms. The normalized spacial score (nSPS) is 36.5. The van der Waals surface area contributed by atoms with Gasteiger partial charge >= 0.3 is 0 Å². The largest absolute Gasteiger partial charge is 0.396 e. The number of nitrogens with two attached hydrogens (primary N) is 1. The first-order valence-electron chi connectivity index (χ1n) is 3.02. The van der Waals surface area contributed by atoms with Gasteiger partial charge in [0.15, 0.2) is 0 Å². The standard InChI is InChI=1S/C6H11NO2.Ac/c1-4(9)6(7)2-5(6)3-8;/h5,8H,2-3,7H2,1H3;/t5-,6+;/m1./s1. The summed E-state index contributed by atoms with van der Waals surface area (Å²) < 4.78 is 0. The number of hydrogen-bond donors (Lipinski definition) is 2. The Kier molecular flexibility index (Phi) is 4.00. The molecule has 0 bridgehead atoms. The van der Waals surface area contributed by atoms with Crippen LogP contribution in [0.2, 0.25) is 0 Å². The predicted molar refractivity (Wildman–Crippen MR) is 32.8 cm³/mol. The number of ketones is 1. The van der Waals surface area contributed by atoms with Gasteiger partial charge in [-0.1, -0.05) is 0 Å². The molecule has 0 unspecified atom stereocenters. The number of carbonyl (C=O) groups excluding carboxylic acids is 1. The number of rotatable bonds is 2. The van der Waals surface area contributed by atoms with Crippen molar-refractivity contribution >= 4 is 5.78 Å².